The van der Waals surface area contributed by atoms with E-state index in [1.807, 2.05) is 66.9 Å². The fourth-order valence-corrected chi connectivity index (χ4v) is 2.84. The zero-order valence-electron chi connectivity index (χ0n) is 12.9. The Hall–Kier alpha value is -3.40. The van der Waals surface area contributed by atoms with Crippen molar-refractivity contribution in [1.29, 1.82) is 0 Å². The van der Waals surface area contributed by atoms with Gasteiger partial charge in [0.05, 0.1) is 6.21 Å². The molecule has 0 radical (unpaired) electrons. The number of amides is 1. The van der Waals surface area contributed by atoms with E-state index in [4.69, 9.17) is 0 Å². The van der Waals surface area contributed by atoms with E-state index in [-0.39, 0.29) is 5.91 Å². The van der Waals surface area contributed by atoms with Crippen LogP contribution in [0.4, 0.5) is 0 Å². The van der Waals surface area contributed by atoms with Crippen LogP contribution < -0.4 is 5.43 Å². The maximum absolute atomic E-state index is 12.4. The topological polar surface area (TPSA) is 57.2 Å². The fraction of sp³-hybridized carbons (Fsp3) is 0. The highest BCUT2D eigenvalue weighted by Gasteiger charge is 2.08. The second-order valence-corrected chi connectivity index (χ2v) is 5.52. The van der Waals surface area contributed by atoms with E-state index >= 15 is 0 Å². The number of nitrogens with zero attached hydrogens (tertiary/aromatic N) is 1. The molecule has 0 saturated heterocycles. The molecule has 4 rings (SSSR count). The summed E-state index contributed by atoms with van der Waals surface area (Å²) in [5, 5.41) is 7.12. The van der Waals surface area contributed by atoms with Crippen LogP contribution in [-0.2, 0) is 0 Å². The molecule has 116 valence electrons. The number of nitrogens with one attached hydrogen (secondary N) is 2. The van der Waals surface area contributed by atoms with Gasteiger partial charge in [-0.05, 0) is 22.9 Å². The van der Waals surface area contributed by atoms with E-state index in [9.17, 15) is 4.79 Å². The van der Waals surface area contributed by atoms with Crippen molar-refractivity contribution in [3.63, 3.8) is 0 Å². The number of aromatic amines is 1. The quantitative estimate of drug-likeness (QED) is 0.434. The highest BCUT2D eigenvalue weighted by atomic mass is 16.2. The van der Waals surface area contributed by atoms with Gasteiger partial charge in [0, 0.05) is 28.2 Å². The van der Waals surface area contributed by atoms with Crippen LogP contribution in [0.2, 0.25) is 0 Å². The number of hydrogen-bond donors (Lipinski definition) is 2. The van der Waals surface area contributed by atoms with Gasteiger partial charge >= 0.3 is 0 Å². The minimum Gasteiger partial charge on any atom is -0.361 e. The van der Waals surface area contributed by atoms with Crippen molar-refractivity contribution < 1.29 is 4.79 Å². The van der Waals surface area contributed by atoms with Crippen molar-refractivity contribution in [2.75, 3.05) is 0 Å². The predicted molar refractivity (Wildman–Crippen MR) is 97.3 cm³/mol. The van der Waals surface area contributed by atoms with Gasteiger partial charge in [-0.15, -0.1) is 0 Å². The Morgan fingerprint density at radius 1 is 0.917 bits per heavy atom. The molecular weight excluding hydrogens is 298 g/mol. The molecule has 0 fully saturated rings. The minimum absolute atomic E-state index is 0.220. The van der Waals surface area contributed by atoms with Gasteiger partial charge in [0.1, 0.15) is 0 Å². The number of para-hydroxylation sites is 1. The van der Waals surface area contributed by atoms with Crippen molar-refractivity contribution in [3.05, 3.63) is 84.1 Å². The average Bonchev–Trinajstić information content (AvgIpc) is 3.04. The summed E-state index contributed by atoms with van der Waals surface area (Å²) in [4.78, 5) is 15.6. The smallest absolute Gasteiger partial charge is 0.271 e. The Kier molecular flexibility index (Phi) is 3.56. The van der Waals surface area contributed by atoms with Gasteiger partial charge in [-0.3, -0.25) is 4.79 Å². The molecule has 0 aliphatic heterocycles. The van der Waals surface area contributed by atoms with Gasteiger partial charge < -0.3 is 4.98 Å². The summed E-state index contributed by atoms with van der Waals surface area (Å²) in [5.41, 5.74) is 5.20. The molecule has 1 amide bonds. The van der Waals surface area contributed by atoms with E-state index in [1.165, 1.54) is 0 Å². The Bertz CT molecular complexity index is 1060. The highest BCUT2D eigenvalue weighted by molar-refractivity contribution is 6.07. The summed E-state index contributed by atoms with van der Waals surface area (Å²) >= 11 is 0. The molecule has 0 bridgehead atoms. The van der Waals surface area contributed by atoms with E-state index in [1.54, 1.807) is 12.3 Å². The number of hydrogen-bond acceptors (Lipinski definition) is 2. The normalized spacial score (nSPS) is 11.3. The molecule has 24 heavy (non-hydrogen) atoms. The zero-order valence-corrected chi connectivity index (χ0v) is 12.9. The molecule has 4 nitrogen and oxygen atoms in total. The highest BCUT2D eigenvalue weighted by Crippen LogP contribution is 2.18. The van der Waals surface area contributed by atoms with E-state index in [0.717, 1.165) is 27.2 Å². The lowest BCUT2D eigenvalue weighted by Gasteiger charge is -2.04. The maximum atomic E-state index is 12.4. The van der Waals surface area contributed by atoms with Crippen LogP contribution in [0, 0.1) is 0 Å². The van der Waals surface area contributed by atoms with E-state index < -0.39 is 0 Å². The van der Waals surface area contributed by atoms with Crippen molar-refractivity contribution in [2.45, 2.75) is 0 Å². The Balaban J connectivity index is 1.58. The van der Waals surface area contributed by atoms with Crippen molar-refractivity contribution >= 4 is 33.8 Å². The zero-order chi connectivity index (χ0) is 16.4. The number of H-pyrrole nitrogens is 1. The maximum Gasteiger partial charge on any atom is 0.271 e. The number of benzene rings is 3. The number of hydrazone groups is 1. The van der Waals surface area contributed by atoms with Crippen LogP contribution in [-0.4, -0.2) is 17.1 Å². The molecule has 1 heterocycles. The standard InChI is InChI=1S/C20H15N3O/c24-20(18-10-5-7-14-6-1-2-8-16(14)18)23-22-13-15-12-21-19-11-4-3-9-17(15)19/h1-13,21H,(H,23,24)/b22-13-. The first-order valence-corrected chi connectivity index (χ1v) is 7.70. The minimum atomic E-state index is -0.220. The molecule has 0 unspecified atom stereocenters. The van der Waals surface area contributed by atoms with Gasteiger partial charge in [-0.25, -0.2) is 5.43 Å². The lowest BCUT2D eigenvalue weighted by atomic mass is 10.0. The lowest BCUT2D eigenvalue weighted by Crippen LogP contribution is -2.17. The van der Waals surface area contributed by atoms with E-state index in [2.05, 4.69) is 15.5 Å². The lowest BCUT2D eigenvalue weighted by molar-refractivity contribution is 0.0957. The summed E-state index contributed by atoms with van der Waals surface area (Å²) in [7, 11) is 0. The van der Waals surface area contributed by atoms with Gasteiger partial charge in [0.25, 0.3) is 5.91 Å². The molecule has 4 heteroatoms. The summed E-state index contributed by atoms with van der Waals surface area (Å²) in [6, 6.07) is 21.4. The first kappa shape index (κ1) is 14.2. The third-order valence-corrected chi connectivity index (χ3v) is 4.03. The number of aromatic nitrogens is 1. The number of carbonyl (C=O) groups excluding carboxylic acids is 1. The summed E-state index contributed by atoms with van der Waals surface area (Å²) in [6.45, 7) is 0. The van der Waals surface area contributed by atoms with Gasteiger partial charge in [0.15, 0.2) is 0 Å². The summed E-state index contributed by atoms with van der Waals surface area (Å²) < 4.78 is 0. The van der Waals surface area contributed by atoms with Crippen LogP contribution in [0.15, 0.2) is 78.0 Å². The molecule has 0 saturated carbocycles. The fourth-order valence-electron chi connectivity index (χ4n) is 2.84. The molecule has 3 aromatic carbocycles. The van der Waals surface area contributed by atoms with E-state index in [0.29, 0.717) is 5.56 Å². The molecule has 0 spiro atoms. The van der Waals surface area contributed by atoms with Crippen LogP contribution >= 0.6 is 0 Å². The van der Waals surface area contributed by atoms with Crippen LogP contribution in [0.25, 0.3) is 21.7 Å². The number of fused-ring (bicyclic) bond motifs is 2. The van der Waals surface area contributed by atoms with Crippen molar-refractivity contribution in [3.8, 4) is 0 Å². The number of carbonyl (C=O) groups is 1. The van der Waals surface area contributed by atoms with Gasteiger partial charge in [-0.2, -0.15) is 5.10 Å². The molecule has 2 N–H and O–H groups in total. The van der Waals surface area contributed by atoms with Crippen LogP contribution in [0.1, 0.15) is 15.9 Å². The molecule has 0 atom stereocenters. The molecule has 4 aromatic rings. The van der Waals surface area contributed by atoms with Crippen LogP contribution in [0.5, 0.6) is 0 Å². The van der Waals surface area contributed by atoms with Crippen LogP contribution in [0.3, 0.4) is 0 Å². The molecule has 0 aliphatic carbocycles. The predicted octanol–water partition coefficient (Wildman–Crippen LogP) is 4.09. The average molecular weight is 313 g/mol. The largest absolute Gasteiger partial charge is 0.361 e. The Labute approximate surface area is 138 Å². The molecule has 1 aromatic heterocycles. The number of rotatable bonds is 3. The van der Waals surface area contributed by atoms with Gasteiger partial charge in [-0.1, -0.05) is 54.6 Å². The Morgan fingerprint density at radius 3 is 2.58 bits per heavy atom. The summed E-state index contributed by atoms with van der Waals surface area (Å²) in [6.07, 6.45) is 3.53. The second-order valence-electron chi connectivity index (χ2n) is 5.52. The first-order chi connectivity index (χ1) is 11.8. The second kappa shape index (κ2) is 6.01. The van der Waals surface area contributed by atoms with Gasteiger partial charge in [0.2, 0.25) is 0 Å². The molecule has 0 aliphatic rings. The summed E-state index contributed by atoms with van der Waals surface area (Å²) in [5.74, 6) is -0.220. The van der Waals surface area contributed by atoms with Crippen molar-refractivity contribution in [1.82, 2.24) is 10.4 Å². The van der Waals surface area contributed by atoms with Crippen molar-refractivity contribution in [2.24, 2.45) is 5.10 Å². The first-order valence-electron chi connectivity index (χ1n) is 7.70. The third kappa shape index (κ3) is 2.54. The third-order valence-electron chi connectivity index (χ3n) is 4.03. The monoisotopic (exact) mass is 313 g/mol. The molecular formula is C20H15N3O. The Morgan fingerprint density at radius 2 is 1.67 bits per heavy atom. The SMILES string of the molecule is O=C(N/N=C\c1c[nH]c2ccccc12)c1cccc2ccccc12.